The minimum absolute atomic E-state index is 0.00775. The maximum Gasteiger partial charge on any atom is 0.258 e. The summed E-state index contributed by atoms with van der Waals surface area (Å²) in [7, 11) is 0. The highest BCUT2D eigenvalue weighted by Crippen LogP contribution is 2.42. The Balaban J connectivity index is 1.36. The summed E-state index contributed by atoms with van der Waals surface area (Å²) in [6.07, 6.45) is 10.8. The molecule has 0 bridgehead atoms. The summed E-state index contributed by atoms with van der Waals surface area (Å²) in [5.74, 6) is 0.316. The van der Waals surface area contributed by atoms with Gasteiger partial charge in [-0.1, -0.05) is 57.5 Å². The number of nitrogens with one attached hydrogen (secondary N) is 2. The van der Waals surface area contributed by atoms with Crippen LogP contribution in [0, 0.1) is 5.41 Å². The van der Waals surface area contributed by atoms with Crippen molar-refractivity contribution in [3.63, 3.8) is 0 Å². The molecule has 6 heteroatoms. The van der Waals surface area contributed by atoms with Crippen LogP contribution in [0.2, 0.25) is 0 Å². The third kappa shape index (κ3) is 4.65. The van der Waals surface area contributed by atoms with Gasteiger partial charge in [-0.05, 0) is 49.8 Å². The normalized spacial score (nSPS) is 22.2. The predicted molar refractivity (Wildman–Crippen MR) is 154 cm³/mol. The van der Waals surface area contributed by atoms with Crippen LogP contribution in [0.15, 0.2) is 54.1 Å². The second-order valence-electron chi connectivity index (χ2n) is 12.2. The topological polar surface area (TPSA) is 72.6 Å². The van der Waals surface area contributed by atoms with Crippen LogP contribution in [0.5, 0.6) is 5.75 Å². The van der Waals surface area contributed by atoms with Gasteiger partial charge in [-0.3, -0.25) is 9.59 Å². The highest BCUT2D eigenvalue weighted by atomic mass is 16.5. The van der Waals surface area contributed by atoms with E-state index in [9.17, 15) is 9.59 Å². The number of ketones is 2. The van der Waals surface area contributed by atoms with Gasteiger partial charge < -0.3 is 15.0 Å². The molecule has 6 rings (SSSR count). The molecule has 1 unspecified atom stereocenters. The average molecular weight is 525 g/mol. The molecule has 39 heavy (non-hydrogen) atoms. The molecule has 6 nitrogen and oxygen atoms in total. The average Bonchev–Trinajstić information content (AvgIpc) is 2.92. The van der Waals surface area contributed by atoms with Crippen LogP contribution in [-0.4, -0.2) is 54.0 Å². The standard InChI is InChI=1S/C33H37N3O3/c1-20-10-7-8-16-36(20)17-9-15-34-25-19-27-30(35-24-14-13-21(33(2,3)4)18-26(24)39-27)29-28(25)31(37)22-11-5-6-12-23(22)32(29)38/h5-6,11-14,18-20,26,34H,7-10,15-17H2,1-4H3/p+1/t20-,26?/m1/s1. The SMILES string of the molecule is C[C@@H]1CCCCN1CCCNc1cc2c(c3c1C(=O)c1ccccc1C3=O)[NH+]=C1C=CC(C(C)(C)C)=CC1O2. The number of piperidine rings is 1. The summed E-state index contributed by atoms with van der Waals surface area (Å²) >= 11 is 0. The Labute approximate surface area is 230 Å². The van der Waals surface area contributed by atoms with Gasteiger partial charge in [-0.25, -0.2) is 4.99 Å². The number of anilines is 1. The smallest absolute Gasteiger partial charge is 0.258 e. The Bertz CT molecular complexity index is 1440. The van der Waals surface area contributed by atoms with Crippen LogP contribution in [0.25, 0.3) is 0 Å². The van der Waals surface area contributed by atoms with Gasteiger partial charge in [0.25, 0.3) is 5.69 Å². The molecular formula is C33H38N3O3+. The monoisotopic (exact) mass is 524 g/mol. The minimum atomic E-state index is -0.273. The molecule has 2 aliphatic heterocycles. The van der Waals surface area contributed by atoms with Gasteiger partial charge in [0.2, 0.25) is 17.6 Å². The Morgan fingerprint density at radius 3 is 2.51 bits per heavy atom. The third-order valence-electron chi connectivity index (χ3n) is 8.51. The van der Waals surface area contributed by atoms with Crippen molar-refractivity contribution >= 4 is 28.7 Å². The molecule has 0 saturated carbocycles. The van der Waals surface area contributed by atoms with Crippen molar-refractivity contribution in [1.29, 1.82) is 0 Å². The number of rotatable bonds is 5. The van der Waals surface area contributed by atoms with Gasteiger partial charge in [0.05, 0.1) is 11.3 Å². The summed E-state index contributed by atoms with van der Waals surface area (Å²) in [6, 6.07) is 9.63. The van der Waals surface area contributed by atoms with E-state index in [0.717, 1.165) is 25.2 Å². The number of carbonyl (C=O) groups excluding carboxylic acids is 2. The zero-order chi connectivity index (χ0) is 27.3. The lowest BCUT2D eigenvalue weighted by atomic mass is 9.81. The fourth-order valence-electron chi connectivity index (χ4n) is 6.20. The van der Waals surface area contributed by atoms with Gasteiger partial charge in [-0.15, -0.1) is 0 Å². The number of hydrogen-bond acceptors (Lipinski definition) is 5. The summed E-state index contributed by atoms with van der Waals surface area (Å²) in [5, 5.41) is 3.52. The highest BCUT2D eigenvalue weighted by Gasteiger charge is 2.41. The van der Waals surface area contributed by atoms with Crippen LogP contribution < -0.4 is 15.0 Å². The fourth-order valence-corrected chi connectivity index (χ4v) is 6.20. The first kappa shape index (κ1) is 25.8. The van der Waals surface area contributed by atoms with E-state index in [0.29, 0.717) is 52.0 Å². The lowest BCUT2D eigenvalue weighted by Gasteiger charge is -2.33. The lowest BCUT2D eigenvalue weighted by molar-refractivity contribution is -0.362. The minimum Gasteiger partial charge on any atom is -0.468 e. The summed E-state index contributed by atoms with van der Waals surface area (Å²) in [6.45, 7) is 11.7. The van der Waals surface area contributed by atoms with Gasteiger partial charge in [0, 0.05) is 42.4 Å². The Morgan fingerprint density at radius 1 is 1.05 bits per heavy atom. The molecule has 2 aromatic rings. The molecule has 4 aliphatic rings. The van der Waals surface area contributed by atoms with Gasteiger partial charge in [-0.2, -0.15) is 0 Å². The Morgan fingerprint density at radius 2 is 1.79 bits per heavy atom. The maximum atomic E-state index is 13.9. The Kier molecular flexibility index (Phi) is 6.54. The number of allylic oxidation sites excluding steroid dienone is 2. The van der Waals surface area contributed by atoms with Crippen LogP contribution in [-0.2, 0) is 0 Å². The molecule has 1 fully saturated rings. The quantitative estimate of drug-likeness (QED) is 0.478. The molecule has 2 aromatic carbocycles. The van der Waals surface area contributed by atoms with Crippen molar-refractivity contribution in [2.75, 3.05) is 25.0 Å². The zero-order valence-corrected chi connectivity index (χ0v) is 23.4. The maximum absolute atomic E-state index is 13.9. The van der Waals surface area contributed by atoms with Crippen LogP contribution in [0.3, 0.4) is 0 Å². The number of benzene rings is 2. The van der Waals surface area contributed by atoms with Gasteiger partial charge >= 0.3 is 0 Å². The number of carbonyl (C=O) groups is 2. The van der Waals surface area contributed by atoms with Crippen molar-refractivity contribution < 1.29 is 19.3 Å². The number of nitrogens with zero attached hydrogens (tertiary/aromatic N) is 1. The molecule has 202 valence electrons. The summed E-state index contributed by atoms with van der Waals surface area (Å²) in [4.78, 5) is 33.7. The lowest BCUT2D eigenvalue weighted by Crippen LogP contribution is -2.72. The third-order valence-corrected chi connectivity index (χ3v) is 8.51. The molecule has 0 amide bonds. The van der Waals surface area contributed by atoms with Gasteiger partial charge in [0.1, 0.15) is 5.56 Å². The molecule has 2 heterocycles. The number of hydrogen-bond donors (Lipinski definition) is 2. The molecule has 2 atom stereocenters. The van der Waals surface area contributed by atoms with E-state index in [1.54, 1.807) is 12.1 Å². The fraction of sp³-hybridized carbons (Fsp3) is 0.424. The Hall–Kier alpha value is -3.51. The first-order chi connectivity index (χ1) is 18.7. The molecule has 0 aromatic heterocycles. The van der Waals surface area contributed by atoms with E-state index >= 15 is 0 Å². The van der Waals surface area contributed by atoms with Gasteiger partial charge in [0.15, 0.2) is 11.5 Å². The zero-order valence-electron chi connectivity index (χ0n) is 23.4. The van der Waals surface area contributed by atoms with E-state index in [4.69, 9.17) is 4.74 Å². The summed E-state index contributed by atoms with van der Waals surface area (Å²) < 4.78 is 6.52. The molecular weight excluding hydrogens is 486 g/mol. The van der Waals surface area contributed by atoms with Crippen LogP contribution >= 0.6 is 0 Å². The second-order valence-corrected chi connectivity index (χ2v) is 12.2. The summed E-state index contributed by atoms with van der Waals surface area (Å²) in [5.41, 5.74) is 5.03. The van der Waals surface area contributed by atoms with Crippen molar-refractivity contribution in [3.8, 4) is 5.75 Å². The van der Waals surface area contributed by atoms with Crippen LogP contribution in [0.1, 0.15) is 85.2 Å². The molecule has 0 radical (unpaired) electrons. The molecule has 0 spiro atoms. The molecule has 2 N–H and O–H groups in total. The first-order valence-electron chi connectivity index (χ1n) is 14.3. The predicted octanol–water partition coefficient (Wildman–Crippen LogP) is 4.59. The van der Waals surface area contributed by atoms with Crippen molar-refractivity contribution in [2.45, 2.75) is 65.5 Å². The van der Waals surface area contributed by atoms with Crippen molar-refractivity contribution in [3.05, 3.63) is 76.4 Å². The van der Waals surface area contributed by atoms with E-state index in [1.807, 2.05) is 24.3 Å². The first-order valence-corrected chi connectivity index (χ1v) is 14.3. The second kappa shape index (κ2) is 9.91. The van der Waals surface area contributed by atoms with E-state index in [-0.39, 0.29) is 23.1 Å². The van der Waals surface area contributed by atoms with E-state index in [1.165, 1.54) is 24.8 Å². The highest BCUT2D eigenvalue weighted by molar-refractivity contribution is 6.32. The van der Waals surface area contributed by atoms with Crippen molar-refractivity contribution in [2.24, 2.45) is 5.41 Å². The van der Waals surface area contributed by atoms with E-state index < -0.39 is 0 Å². The molecule has 1 saturated heterocycles. The van der Waals surface area contributed by atoms with Crippen LogP contribution in [0.4, 0.5) is 11.4 Å². The number of fused-ring (bicyclic) bond motifs is 5. The largest absolute Gasteiger partial charge is 0.468 e. The number of likely N-dealkylation sites (tertiary alicyclic amines) is 1. The van der Waals surface area contributed by atoms with E-state index in [2.05, 4.69) is 55.1 Å². The number of ether oxygens (including phenoxy) is 1. The van der Waals surface area contributed by atoms with Crippen molar-refractivity contribution in [1.82, 2.24) is 4.90 Å². The molecule has 2 aliphatic carbocycles.